The molecule has 1 aliphatic carbocycles. The van der Waals surface area contributed by atoms with Gasteiger partial charge in [-0.05, 0) is 45.4 Å². The number of aryl methyl sites for hydroxylation is 1. The molecule has 0 fully saturated rings. The van der Waals surface area contributed by atoms with Crippen molar-refractivity contribution < 1.29 is 5.21 Å². The van der Waals surface area contributed by atoms with E-state index in [9.17, 15) is 5.21 Å². The molecule has 0 spiro atoms. The Morgan fingerprint density at radius 2 is 1.86 bits per heavy atom. The first-order valence-corrected chi connectivity index (χ1v) is 8.97. The van der Waals surface area contributed by atoms with Crippen LogP contribution in [-0.4, -0.2) is 26.4 Å². The fourth-order valence-electron chi connectivity index (χ4n) is 2.16. The van der Waals surface area contributed by atoms with Crippen LogP contribution in [0.15, 0.2) is 33.8 Å². The van der Waals surface area contributed by atoms with Gasteiger partial charge < -0.3 is 5.21 Å². The first kappa shape index (κ1) is 16.2. The third kappa shape index (κ3) is 5.63. The third-order valence-electron chi connectivity index (χ3n) is 3.25. The minimum atomic E-state index is 0.167. The van der Waals surface area contributed by atoms with Crippen LogP contribution < -0.4 is 0 Å². The van der Waals surface area contributed by atoms with Gasteiger partial charge in [0.1, 0.15) is 5.01 Å². The lowest BCUT2D eigenvalue weighted by atomic mass is 10.1. The Balaban J connectivity index is 2.07. The van der Waals surface area contributed by atoms with Gasteiger partial charge in [-0.2, -0.15) is 0 Å². The number of hydrogen-bond donors (Lipinski definition) is 1. The summed E-state index contributed by atoms with van der Waals surface area (Å²) in [7, 11) is 0. The van der Waals surface area contributed by atoms with Gasteiger partial charge in [0.15, 0.2) is 4.34 Å². The first-order valence-electron chi connectivity index (χ1n) is 7.27. The van der Waals surface area contributed by atoms with E-state index in [2.05, 4.69) is 39.7 Å². The van der Waals surface area contributed by atoms with Crippen molar-refractivity contribution in [3.05, 3.63) is 29.3 Å². The third-order valence-corrected chi connectivity index (χ3v) is 5.49. The van der Waals surface area contributed by atoms with Crippen molar-refractivity contribution in [3.8, 4) is 0 Å². The topological polar surface area (TPSA) is 58.4 Å². The number of thioether (sulfide) groups is 1. The first-order chi connectivity index (χ1) is 10.3. The highest BCUT2D eigenvalue weighted by Crippen LogP contribution is 2.31. The number of rotatable bonds is 2. The average molecular weight is 323 g/mol. The molecule has 0 bridgehead atoms. The Kier molecular flexibility index (Phi) is 6.95. The summed E-state index contributed by atoms with van der Waals surface area (Å²) < 4.78 is 0.949. The van der Waals surface area contributed by atoms with Crippen LogP contribution in [0.5, 0.6) is 0 Å². The van der Waals surface area contributed by atoms with Gasteiger partial charge in [0.05, 0.1) is 11.0 Å². The van der Waals surface area contributed by atoms with Crippen molar-refractivity contribution in [2.45, 2.75) is 55.0 Å². The number of nitrogens with zero attached hydrogens (tertiary/aromatic N) is 3. The Morgan fingerprint density at radius 1 is 1.14 bits per heavy atom. The maximum Gasteiger partial charge on any atom is 0.174 e. The van der Waals surface area contributed by atoms with Gasteiger partial charge in [-0.15, -0.1) is 10.2 Å². The molecule has 2 rings (SSSR count). The number of hydrogen-bond acceptors (Lipinski definition) is 6. The van der Waals surface area contributed by atoms with Crippen LogP contribution in [0.1, 0.15) is 43.5 Å². The fraction of sp³-hybridized carbons (Fsp3) is 0.533. The van der Waals surface area contributed by atoms with Crippen molar-refractivity contribution in [2.75, 3.05) is 0 Å². The zero-order valence-electron chi connectivity index (χ0n) is 12.2. The zero-order chi connectivity index (χ0) is 14.9. The molecule has 1 aromatic rings. The lowest BCUT2D eigenvalue weighted by Gasteiger charge is -2.15. The fourth-order valence-corrected chi connectivity index (χ4v) is 4.36. The number of oxime groups is 1. The van der Waals surface area contributed by atoms with Gasteiger partial charge in [-0.1, -0.05) is 52.6 Å². The van der Waals surface area contributed by atoms with E-state index in [1.54, 1.807) is 23.1 Å². The van der Waals surface area contributed by atoms with E-state index in [0.717, 1.165) is 53.6 Å². The van der Waals surface area contributed by atoms with E-state index in [1.807, 2.05) is 6.92 Å². The summed E-state index contributed by atoms with van der Waals surface area (Å²) in [6.45, 7) is 1.96. The minimum absolute atomic E-state index is 0.167. The maximum absolute atomic E-state index is 9.35. The second-order valence-electron chi connectivity index (χ2n) is 4.92. The van der Waals surface area contributed by atoms with Gasteiger partial charge >= 0.3 is 0 Å². The quantitative estimate of drug-likeness (QED) is 0.491. The largest absolute Gasteiger partial charge is 0.411 e. The summed E-state index contributed by atoms with van der Waals surface area (Å²) in [5, 5.41) is 22.3. The predicted octanol–water partition coefficient (Wildman–Crippen LogP) is 4.60. The molecule has 0 aromatic carbocycles. The Morgan fingerprint density at radius 3 is 2.52 bits per heavy atom. The highest BCUT2D eigenvalue weighted by atomic mass is 32.2. The average Bonchev–Trinajstić information content (AvgIpc) is 2.87. The predicted molar refractivity (Wildman–Crippen MR) is 89.5 cm³/mol. The summed E-state index contributed by atoms with van der Waals surface area (Å²) in [5.41, 5.74) is 0.853. The molecule has 21 heavy (non-hydrogen) atoms. The second-order valence-corrected chi connectivity index (χ2v) is 7.55. The van der Waals surface area contributed by atoms with Crippen molar-refractivity contribution in [3.63, 3.8) is 0 Å². The van der Waals surface area contributed by atoms with Crippen LogP contribution in [0.3, 0.4) is 0 Å². The summed E-state index contributed by atoms with van der Waals surface area (Å²) in [6.07, 6.45) is 14.7. The Labute approximate surface area is 134 Å². The van der Waals surface area contributed by atoms with Gasteiger partial charge in [0.25, 0.3) is 0 Å². The van der Waals surface area contributed by atoms with E-state index in [0.29, 0.717) is 0 Å². The molecule has 1 atom stereocenters. The molecular formula is C15H21N3OS2. The lowest BCUT2D eigenvalue weighted by molar-refractivity contribution is 0.316. The summed E-state index contributed by atoms with van der Waals surface area (Å²) in [4.78, 5) is 0. The molecule has 1 aliphatic rings. The zero-order valence-corrected chi connectivity index (χ0v) is 13.9. The standard InChI is InChI=1S/C15H21N3OS2/c1-12-16-17-15(20-12)21-14-11-9-7-5-3-2-4-6-8-10-13(14)18-19/h4-7,14,19H,2-3,8-11H2,1H3/b6-4+,7-5+,18-13+/t14-/m0/s1. The van der Waals surface area contributed by atoms with Crippen LogP contribution in [0, 0.1) is 6.92 Å². The van der Waals surface area contributed by atoms with Crippen molar-refractivity contribution in [1.29, 1.82) is 0 Å². The van der Waals surface area contributed by atoms with Crippen LogP contribution in [-0.2, 0) is 0 Å². The molecule has 0 radical (unpaired) electrons. The van der Waals surface area contributed by atoms with E-state index >= 15 is 0 Å². The molecule has 1 heterocycles. The van der Waals surface area contributed by atoms with E-state index in [1.165, 1.54) is 0 Å². The van der Waals surface area contributed by atoms with Crippen molar-refractivity contribution in [1.82, 2.24) is 10.2 Å². The van der Waals surface area contributed by atoms with Crippen LogP contribution in [0.2, 0.25) is 0 Å². The normalized spacial score (nSPS) is 26.0. The molecule has 0 unspecified atom stereocenters. The molecule has 0 saturated heterocycles. The van der Waals surface area contributed by atoms with Crippen LogP contribution >= 0.6 is 23.1 Å². The summed E-state index contributed by atoms with van der Waals surface area (Å²) >= 11 is 3.26. The maximum atomic E-state index is 9.35. The number of aromatic nitrogens is 2. The summed E-state index contributed by atoms with van der Waals surface area (Å²) in [6, 6.07) is 0. The molecular weight excluding hydrogens is 302 g/mol. The Bertz CT molecular complexity index is 523. The molecule has 1 N–H and O–H groups in total. The molecule has 6 heteroatoms. The Hall–Kier alpha value is -1.14. The molecule has 0 aliphatic heterocycles. The van der Waals surface area contributed by atoms with E-state index in [4.69, 9.17) is 0 Å². The van der Waals surface area contributed by atoms with Gasteiger partial charge in [-0.3, -0.25) is 0 Å². The monoisotopic (exact) mass is 323 g/mol. The van der Waals surface area contributed by atoms with Crippen LogP contribution in [0.25, 0.3) is 0 Å². The van der Waals surface area contributed by atoms with Crippen LogP contribution in [0.4, 0.5) is 0 Å². The van der Waals surface area contributed by atoms with E-state index in [-0.39, 0.29) is 5.25 Å². The second kappa shape index (κ2) is 9.00. The van der Waals surface area contributed by atoms with Crippen molar-refractivity contribution >= 4 is 28.8 Å². The smallest absolute Gasteiger partial charge is 0.174 e. The molecule has 0 amide bonds. The highest BCUT2D eigenvalue weighted by Gasteiger charge is 2.19. The SMILES string of the molecule is Cc1nnc(S[C@H]2CC/C=C/CC/C=C/CC/C2=N\O)s1. The molecule has 4 nitrogen and oxygen atoms in total. The summed E-state index contributed by atoms with van der Waals surface area (Å²) in [5.74, 6) is 0. The lowest BCUT2D eigenvalue weighted by Crippen LogP contribution is -2.17. The van der Waals surface area contributed by atoms with Gasteiger partial charge in [0.2, 0.25) is 0 Å². The molecule has 0 saturated carbocycles. The van der Waals surface area contributed by atoms with Gasteiger partial charge in [-0.25, -0.2) is 0 Å². The minimum Gasteiger partial charge on any atom is -0.411 e. The van der Waals surface area contributed by atoms with Gasteiger partial charge in [0, 0.05) is 0 Å². The highest BCUT2D eigenvalue weighted by molar-refractivity contribution is 8.02. The molecule has 1 aromatic heterocycles. The van der Waals surface area contributed by atoms with E-state index < -0.39 is 0 Å². The number of allylic oxidation sites excluding steroid dienone is 4. The molecule has 114 valence electrons. The van der Waals surface area contributed by atoms with Crippen molar-refractivity contribution in [2.24, 2.45) is 5.16 Å².